The molecule has 15 heavy (non-hydrogen) atoms. The van der Waals surface area contributed by atoms with Crippen LogP contribution in [0.2, 0.25) is 0 Å². The summed E-state index contributed by atoms with van der Waals surface area (Å²) in [5.74, 6) is 3.02. The fourth-order valence-electron chi connectivity index (χ4n) is 1.46. The van der Waals surface area contributed by atoms with Gasteiger partial charge in [-0.2, -0.15) is 11.8 Å². The van der Waals surface area contributed by atoms with Gasteiger partial charge in [-0.05, 0) is 31.4 Å². The molecule has 0 aromatic carbocycles. The fraction of sp³-hybridized carbons (Fsp3) is 1.00. The first-order valence-electron chi connectivity index (χ1n) is 6.06. The van der Waals surface area contributed by atoms with Gasteiger partial charge in [-0.1, -0.05) is 20.3 Å². The molecule has 2 atom stereocenters. The number of hydrogen-bond acceptors (Lipinski definition) is 3. The minimum Gasteiger partial charge on any atom is -0.394 e. The van der Waals surface area contributed by atoms with Crippen LogP contribution in [-0.4, -0.2) is 34.8 Å². The van der Waals surface area contributed by atoms with Crippen molar-refractivity contribution >= 4 is 11.8 Å². The normalized spacial score (nSPS) is 22.4. The van der Waals surface area contributed by atoms with Gasteiger partial charge in [-0.3, -0.25) is 0 Å². The lowest BCUT2D eigenvalue weighted by atomic mass is 10.1. The van der Waals surface area contributed by atoms with Crippen LogP contribution in [-0.2, 0) is 0 Å². The molecule has 0 radical (unpaired) electrons. The van der Waals surface area contributed by atoms with Gasteiger partial charge in [0.25, 0.3) is 0 Å². The minimum atomic E-state index is -0.0701. The van der Waals surface area contributed by atoms with Crippen LogP contribution in [0.15, 0.2) is 0 Å². The Balaban J connectivity index is 2.19. The van der Waals surface area contributed by atoms with Crippen molar-refractivity contribution < 1.29 is 5.11 Å². The monoisotopic (exact) mass is 231 g/mol. The summed E-state index contributed by atoms with van der Waals surface area (Å²) < 4.78 is 0. The topological polar surface area (TPSA) is 32.3 Å². The Kier molecular flexibility index (Phi) is 5.44. The molecule has 3 heteroatoms. The Hall–Kier alpha value is 0.270. The van der Waals surface area contributed by atoms with E-state index in [0.717, 1.165) is 11.7 Å². The third kappa shape index (κ3) is 5.23. The van der Waals surface area contributed by atoms with Crippen LogP contribution in [0, 0.1) is 5.92 Å². The quantitative estimate of drug-likeness (QED) is 0.672. The van der Waals surface area contributed by atoms with Crippen LogP contribution in [0.1, 0.15) is 40.0 Å². The van der Waals surface area contributed by atoms with Crippen molar-refractivity contribution in [2.45, 2.75) is 51.6 Å². The Labute approximate surface area is 98.2 Å². The zero-order chi connectivity index (χ0) is 11.3. The van der Waals surface area contributed by atoms with Gasteiger partial charge >= 0.3 is 0 Å². The Bertz CT molecular complexity index is 184. The van der Waals surface area contributed by atoms with Crippen molar-refractivity contribution in [2.75, 3.05) is 18.1 Å². The number of thioether (sulfide) groups is 1. The van der Waals surface area contributed by atoms with Crippen molar-refractivity contribution in [3.63, 3.8) is 0 Å². The molecule has 0 spiro atoms. The van der Waals surface area contributed by atoms with Gasteiger partial charge < -0.3 is 10.4 Å². The number of aliphatic hydroxyl groups excluding tert-OH is 1. The maximum absolute atomic E-state index is 9.41. The molecule has 1 saturated carbocycles. The molecule has 2 N–H and O–H groups in total. The van der Waals surface area contributed by atoms with E-state index in [1.165, 1.54) is 25.0 Å². The largest absolute Gasteiger partial charge is 0.394 e. The third-order valence-corrected chi connectivity index (χ3v) is 4.64. The third-order valence-electron chi connectivity index (χ3n) is 3.00. The SMILES string of the molecule is CCC(C)CSCC(C)(CO)NC1CC1. The van der Waals surface area contributed by atoms with E-state index in [1.54, 1.807) is 0 Å². The summed E-state index contributed by atoms with van der Waals surface area (Å²) in [4.78, 5) is 0. The van der Waals surface area contributed by atoms with Crippen molar-refractivity contribution in [3.05, 3.63) is 0 Å². The van der Waals surface area contributed by atoms with Crippen LogP contribution in [0.3, 0.4) is 0 Å². The van der Waals surface area contributed by atoms with Gasteiger partial charge in [-0.15, -0.1) is 0 Å². The highest BCUT2D eigenvalue weighted by molar-refractivity contribution is 7.99. The van der Waals surface area contributed by atoms with Crippen LogP contribution >= 0.6 is 11.8 Å². The van der Waals surface area contributed by atoms with Gasteiger partial charge in [-0.25, -0.2) is 0 Å². The molecular weight excluding hydrogens is 206 g/mol. The molecule has 2 nitrogen and oxygen atoms in total. The molecule has 90 valence electrons. The zero-order valence-corrected chi connectivity index (χ0v) is 11.1. The van der Waals surface area contributed by atoms with E-state index in [1.807, 2.05) is 11.8 Å². The molecule has 1 aliphatic carbocycles. The molecule has 2 unspecified atom stereocenters. The predicted molar refractivity (Wildman–Crippen MR) is 68.4 cm³/mol. The first-order valence-corrected chi connectivity index (χ1v) is 7.21. The highest BCUT2D eigenvalue weighted by Gasteiger charge is 2.31. The summed E-state index contributed by atoms with van der Waals surface area (Å²) in [6, 6.07) is 0.673. The first kappa shape index (κ1) is 13.3. The summed E-state index contributed by atoms with van der Waals surface area (Å²) in [5, 5.41) is 12.9. The standard InChI is InChI=1S/C12H25NOS/c1-4-10(2)7-15-9-12(3,8-14)13-11-5-6-11/h10-11,13-14H,4-9H2,1-3H3. The van der Waals surface area contributed by atoms with Crippen molar-refractivity contribution in [2.24, 2.45) is 5.92 Å². The van der Waals surface area contributed by atoms with Gasteiger partial charge in [0.1, 0.15) is 0 Å². The summed E-state index contributed by atoms with van der Waals surface area (Å²) in [5.41, 5.74) is -0.0701. The maximum atomic E-state index is 9.41. The smallest absolute Gasteiger partial charge is 0.0618 e. The minimum absolute atomic E-state index is 0.0701. The van der Waals surface area contributed by atoms with E-state index in [9.17, 15) is 5.11 Å². The summed E-state index contributed by atoms with van der Waals surface area (Å²) >= 11 is 1.96. The molecule has 0 aliphatic heterocycles. The number of hydrogen-bond donors (Lipinski definition) is 2. The van der Waals surface area contributed by atoms with Crippen molar-refractivity contribution in [1.82, 2.24) is 5.32 Å². The molecule has 0 heterocycles. The molecule has 1 aliphatic rings. The zero-order valence-electron chi connectivity index (χ0n) is 10.3. The average molecular weight is 231 g/mol. The molecule has 0 bridgehead atoms. The molecular formula is C12H25NOS. The number of rotatable bonds is 8. The highest BCUT2D eigenvalue weighted by Crippen LogP contribution is 2.25. The number of aliphatic hydroxyl groups is 1. The predicted octanol–water partition coefficient (Wildman–Crippen LogP) is 2.27. The lowest BCUT2D eigenvalue weighted by Gasteiger charge is -2.29. The van der Waals surface area contributed by atoms with Gasteiger partial charge in [0, 0.05) is 17.3 Å². The Morgan fingerprint density at radius 2 is 2.20 bits per heavy atom. The summed E-state index contributed by atoms with van der Waals surface area (Å²) in [7, 11) is 0. The van der Waals surface area contributed by atoms with Gasteiger partial charge in [0.15, 0.2) is 0 Å². The molecule has 0 amide bonds. The lowest BCUT2D eigenvalue weighted by Crippen LogP contribution is -2.49. The Morgan fingerprint density at radius 3 is 2.67 bits per heavy atom. The lowest BCUT2D eigenvalue weighted by molar-refractivity contribution is 0.190. The average Bonchev–Trinajstić information content (AvgIpc) is 3.01. The van der Waals surface area contributed by atoms with E-state index in [0.29, 0.717) is 6.04 Å². The van der Waals surface area contributed by atoms with Crippen LogP contribution in [0.4, 0.5) is 0 Å². The summed E-state index contributed by atoms with van der Waals surface area (Å²) in [6.45, 7) is 6.91. The van der Waals surface area contributed by atoms with E-state index in [2.05, 4.69) is 26.1 Å². The van der Waals surface area contributed by atoms with Crippen molar-refractivity contribution in [3.8, 4) is 0 Å². The van der Waals surface area contributed by atoms with E-state index in [4.69, 9.17) is 0 Å². The fourth-order valence-corrected chi connectivity index (χ4v) is 2.84. The summed E-state index contributed by atoms with van der Waals surface area (Å²) in [6.07, 6.45) is 3.82. The van der Waals surface area contributed by atoms with E-state index < -0.39 is 0 Å². The molecule has 0 saturated heterocycles. The second kappa shape index (κ2) is 6.12. The second-order valence-corrected chi connectivity index (χ2v) is 6.20. The van der Waals surface area contributed by atoms with Gasteiger partial charge in [0.05, 0.1) is 6.61 Å². The first-order chi connectivity index (χ1) is 7.09. The molecule has 0 aromatic heterocycles. The maximum Gasteiger partial charge on any atom is 0.0618 e. The Morgan fingerprint density at radius 1 is 1.53 bits per heavy atom. The molecule has 1 rings (SSSR count). The van der Waals surface area contributed by atoms with Gasteiger partial charge in [0.2, 0.25) is 0 Å². The van der Waals surface area contributed by atoms with Crippen molar-refractivity contribution in [1.29, 1.82) is 0 Å². The van der Waals surface area contributed by atoms with Crippen LogP contribution in [0.5, 0.6) is 0 Å². The van der Waals surface area contributed by atoms with Crippen LogP contribution in [0.25, 0.3) is 0 Å². The van der Waals surface area contributed by atoms with Crippen LogP contribution < -0.4 is 5.32 Å². The molecule has 0 aromatic rings. The van der Waals surface area contributed by atoms with E-state index in [-0.39, 0.29) is 12.1 Å². The van der Waals surface area contributed by atoms with E-state index >= 15 is 0 Å². The highest BCUT2D eigenvalue weighted by atomic mass is 32.2. The number of nitrogens with one attached hydrogen (secondary N) is 1. The molecule has 1 fully saturated rings. The second-order valence-electron chi connectivity index (χ2n) is 5.17.